The molecule has 1 heterocycles. The number of aliphatic carboxylic acids is 1. The number of nitrogens with zero attached hydrogens (tertiary/aromatic N) is 1. The van der Waals surface area contributed by atoms with Gasteiger partial charge in [-0.05, 0) is 30.0 Å². The van der Waals surface area contributed by atoms with Gasteiger partial charge in [-0.25, -0.2) is 9.79 Å². The molecule has 0 aromatic heterocycles. The fourth-order valence-corrected chi connectivity index (χ4v) is 2.65. The lowest BCUT2D eigenvalue weighted by molar-refractivity contribution is -0.133. The third-order valence-corrected chi connectivity index (χ3v) is 3.58. The van der Waals surface area contributed by atoms with Crippen LogP contribution >= 0.6 is 35.0 Å². The second-order valence-electron chi connectivity index (χ2n) is 3.79. The van der Waals surface area contributed by atoms with Gasteiger partial charge in [0.1, 0.15) is 6.04 Å². The second kappa shape index (κ2) is 5.86. The van der Waals surface area contributed by atoms with E-state index in [1.54, 1.807) is 18.2 Å². The average Bonchev–Trinajstić information content (AvgIpc) is 2.36. The van der Waals surface area contributed by atoms with Crippen LogP contribution < -0.4 is 5.32 Å². The van der Waals surface area contributed by atoms with E-state index in [0.717, 1.165) is 0 Å². The first-order chi connectivity index (χ1) is 9.01. The predicted molar refractivity (Wildman–Crippen MR) is 79.0 cm³/mol. The predicted octanol–water partition coefficient (Wildman–Crippen LogP) is 3.33. The minimum absolute atomic E-state index is 0.149. The highest BCUT2D eigenvalue weighted by Crippen LogP contribution is 2.32. The monoisotopic (exact) mass is 316 g/mol. The number of amidine groups is 1. The third-order valence-electron chi connectivity index (χ3n) is 2.53. The molecule has 0 radical (unpaired) electrons. The third kappa shape index (κ3) is 3.23. The number of carboxylic acid groups (broad SMARTS) is 1. The molecule has 2 rings (SSSR count). The van der Waals surface area contributed by atoms with Crippen molar-refractivity contribution in [3.8, 4) is 0 Å². The Morgan fingerprint density at radius 3 is 2.53 bits per heavy atom. The maximum atomic E-state index is 11.3. The number of thioether (sulfide) groups is 1. The summed E-state index contributed by atoms with van der Waals surface area (Å²) in [5.41, 5.74) is 0.801. The lowest BCUT2D eigenvalue weighted by atomic mass is 9.99. The summed E-state index contributed by atoms with van der Waals surface area (Å²) in [6.45, 7) is 0. The SMILES string of the molecule is CSC1=NC(c2cc(Cl)cc(Cl)c2)C(C(=O)O)=CN1. The summed E-state index contributed by atoms with van der Waals surface area (Å²) >= 11 is 13.3. The minimum atomic E-state index is -1.03. The molecule has 0 saturated carbocycles. The quantitative estimate of drug-likeness (QED) is 0.878. The van der Waals surface area contributed by atoms with Crippen LogP contribution in [0, 0.1) is 0 Å². The zero-order valence-corrected chi connectivity index (χ0v) is 12.2. The van der Waals surface area contributed by atoms with Crippen molar-refractivity contribution in [2.45, 2.75) is 6.04 Å². The van der Waals surface area contributed by atoms with Gasteiger partial charge in [0, 0.05) is 16.2 Å². The smallest absolute Gasteiger partial charge is 0.335 e. The van der Waals surface area contributed by atoms with Gasteiger partial charge in [0.25, 0.3) is 0 Å². The molecule has 1 aliphatic rings. The maximum Gasteiger partial charge on any atom is 0.335 e. The van der Waals surface area contributed by atoms with E-state index in [9.17, 15) is 9.90 Å². The van der Waals surface area contributed by atoms with E-state index in [2.05, 4.69) is 10.3 Å². The zero-order chi connectivity index (χ0) is 14.0. The summed E-state index contributed by atoms with van der Waals surface area (Å²) in [5.74, 6) is -1.03. The molecule has 1 unspecified atom stereocenters. The molecule has 7 heteroatoms. The molecule has 1 aliphatic heterocycles. The molecule has 0 spiro atoms. The summed E-state index contributed by atoms with van der Waals surface area (Å²) in [6, 6.07) is 4.32. The van der Waals surface area contributed by atoms with E-state index in [0.29, 0.717) is 20.8 Å². The number of halogens is 2. The van der Waals surface area contributed by atoms with Gasteiger partial charge >= 0.3 is 5.97 Å². The Morgan fingerprint density at radius 2 is 2.00 bits per heavy atom. The molecule has 1 aromatic rings. The number of nitrogens with one attached hydrogen (secondary N) is 1. The Morgan fingerprint density at radius 1 is 1.37 bits per heavy atom. The number of carbonyl (C=O) groups is 1. The van der Waals surface area contributed by atoms with Crippen LogP contribution in [-0.4, -0.2) is 22.5 Å². The molecular formula is C12H10Cl2N2O2S. The largest absolute Gasteiger partial charge is 0.478 e. The minimum Gasteiger partial charge on any atom is -0.478 e. The van der Waals surface area contributed by atoms with Crippen molar-refractivity contribution in [1.82, 2.24) is 5.32 Å². The summed E-state index contributed by atoms with van der Waals surface area (Å²) < 4.78 is 0. The van der Waals surface area contributed by atoms with Gasteiger partial charge in [-0.15, -0.1) is 0 Å². The van der Waals surface area contributed by atoms with Crippen LogP contribution in [0.4, 0.5) is 0 Å². The number of benzene rings is 1. The van der Waals surface area contributed by atoms with E-state index >= 15 is 0 Å². The fourth-order valence-electron chi connectivity index (χ4n) is 1.72. The molecule has 0 saturated heterocycles. The normalized spacial score (nSPS) is 18.4. The fraction of sp³-hybridized carbons (Fsp3) is 0.167. The van der Waals surface area contributed by atoms with Gasteiger partial charge < -0.3 is 10.4 Å². The van der Waals surface area contributed by atoms with E-state index in [-0.39, 0.29) is 5.57 Å². The Bertz CT molecular complexity index is 567. The van der Waals surface area contributed by atoms with Crippen LogP contribution in [-0.2, 0) is 4.79 Å². The van der Waals surface area contributed by atoms with Crippen molar-refractivity contribution in [2.24, 2.45) is 4.99 Å². The van der Waals surface area contributed by atoms with E-state index in [1.807, 2.05) is 6.26 Å². The highest BCUT2D eigenvalue weighted by atomic mass is 35.5. The van der Waals surface area contributed by atoms with Crippen LogP contribution in [0.15, 0.2) is 35.0 Å². The highest BCUT2D eigenvalue weighted by molar-refractivity contribution is 8.13. The summed E-state index contributed by atoms with van der Waals surface area (Å²) in [6.07, 6.45) is 3.30. The molecule has 1 atom stereocenters. The molecule has 100 valence electrons. The summed E-state index contributed by atoms with van der Waals surface area (Å²) in [7, 11) is 0. The average molecular weight is 317 g/mol. The van der Waals surface area contributed by atoms with E-state index in [4.69, 9.17) is 23.2 Å². The molecule has 0 aliphatic carbocycles. The van der Waals surface area contributed by atoms with E-state index in [1.165, 1.54) is 18.0 Å². The van der Waals surface area contributed by atoms with Crippen LogP contribution in [0.2, 0.25) is 10.0 Å². The number of aliphatic imine (C=N–C) groups is 1. The summed E-state index contributed by atoms with van der Waals surface area (Å²) in [4.78, 5) is 15.6. The Labute approximate surface area is 124 Å². The van der Waals surface area contributed by atoms with Crippen molar-refractivity contribution >= 4 is 46.1 Å². The zero-order valence-electron chi connectivity index (χ0n) is 9.85. The van der Waals surface area contributed by atoms with Crippen LogP contribution in [0.25, 0.3) is 0 Å². The van der Waals surface area contributed by atoms with Crippen molar-refractivity contribution < 1.29 is 9.90 Å². The number of rotatable bonds is 2. The number of hydrogen-bond acceptors (Lipinski definition) is 4. The maximum absolute atomic E-state index is 11.3. The number of hydrogen-bond donors (Lipinski definition) is 2. The highest BCUT2D eigenvalue weighted by Gasteiger charge is 2.26. The van der Waals surface area contributed by atoms with Crippen molar-refractivity contribution in [3.05, 3.63) is 45.6 Å². The Balaban J connectivity index is 2.48. The number of carboxylic acids is 1. The van der Waals surface area contributed by atoms with Gasteiger partial charge in [-0.2, -0.15) is 0 Å². The van der Waals surface area contributed by atoms with Crippen molar-refractivity contribution in [3.63, 3.8) is 0 Å². The van der Waals surface area contributed by atoms with E-state index < -0.39 is 12.0 Å². The first kappa shape index (κ1) is 14.2. The van der Waals surface area contributed by atoms with Crippen LogP contribution in [0.1, 0.15) is 11.6 Å². The van der Waals surface area contributed by atoms with Gasteiger partial charge in [0.2, 0.25) is 0 Å². The van der Waals surface area contributed by atoms with Gasteiger partial charge in [-0.1, -0.05) is 35.0 Å². The molecular weight excluding hydrogens is 307 g/mol. The lowest BCUT2D eigenvalue weighted by Crippen LogP contribution is -2.25. The Hall–Kier alpha value is -1.17. The topological polar surface area (TPSA) is 61.7 Å². The molecule has 0 bridgehead atoms. The van der Waals surface area contributed by atoms with Crippen molar-refractivity contribution in [1.29, 1.82) is 0 Å². The van der Waals surface area contributed by atoms with Gasteiger partial charge in [0.15, 0.2) is 5.17 Å². The Kier molecular flexibility index (Phi) is 4.39. The standard InChI is InChI=1S/C12H10Cl2N2O2S/c1-19-12-15-5-9(11(17)18)10(16-12)6-2-7(13)4-8(14)3-6/h2-5,10H,1H3,(H,15,16)(H,17,18). The second-order valence-corrected chi connectivity index (χ2v) is 5.46. The van der Waals surface area contributed by atoms with Crippen LogP contribution in [0.5, 0.6) is 0 Å². The molecule has 4 nitrogen and oxygen atoms in total. The molecule has 0 fully saturated rings. The first-order valence-electron chi connectivity index (χ1n) is 5.29. The van der Waals surface area contributed by atoms with Crippen molar-refractivity contribution in [2.75, 3.05) is 6.26 Å². The first-order valence-corrected chi connectivity index (χ1v) is 7.27. The lowest BCUT2D eigenvalue weighted by Gasteiger charge is -2.20. The summed E-state index contributed by atoms with van der Waals surface area (Å²) in [5, 5.41) is 13.6. The van der Waals surface area contributed by atoms with Gasteiger partial charge in [0.05, 0.1) is 5.57 Å². The molecule has 19 heavy (non-hydrogen) atoms. The van der Waals surface area contributed by atoms with Crippen LogP contribution in [0.3, 0.4) is 0 Å². The van der Waals surface area contributed by atoms with Gasteiger partial charge in [-0.3, -0.25) is 0 Å². The molecule has 0 amide bonds. The molecule has 2 N–H and O–H groups in total. The molecule has 1 aromatic carbocycles.